The van der Waals surface area contributed by atoms with Crippen LogP contribution in [-0.4, -0.2) is 37.1 Å². The Morgan fingerprint density at radius 2 is 1.69 bits per heavy atom. The van der Waals surface area contributed by atoms with Crippen molar-refractivity contribution in [2.45, 2.75) is 59.5 Å². The van der Waals surface area contributed by atoms with E-state index in [1.807, 2.05) is 0 Å². The van der Waals surface area contributed by atoms with Crippen molar-refractivity contribution in [3.05, 3.63) is 0 Å². The van der Waals surface area contributed by atoms with Crippen molar-refractivity contribution in [3.63, 3.8) is 0 Å². The van der Waals surface area contributed by atoms with Crippen molar-refractivity contribution < 1.29 is 0 Å². The summed E-state index contributed by atoms with van der Waals surface area (Å²) in [5, 5.41) is 3.77. The molecule has 0 radical (unpaired) electrons. The number of likely N-dealkylation sites (tertiary alicyclic amines) is 1. The minimum atomic E-state index is 0.414. The van der Waals surface area contributed by atoms with E-state index >= 15 is 0 Å². The molecule has 0 bridgehead atoms. The average molecular weight is 226 g/mol. The molecule has 0 saturated carbocycles. The van der Waals surface area contributed by atoms with Gasteiger partial charge in [-0.1, -0.05) is 34.6 Å². The largest absolute Gasteiger partial charge is 0.311 e. The molecule has 2 heteroatoms. The molecule has 0 aromatic heterocycles. The molecule has 0 aromatic carbocycles. The first-order valence-electron chi connectivity index (χ1n) is 6.75. The summed E-state index contributed by atoms with van der Waals surface area (Å²) in [6.45, 7) is 14.2. The van der Waals surface area contributed by atoms with Crippen LogP contribution in [0.4, 0.5) is 0 Å². The first-order chi connectivity index (χ1) is 7.30. The van der Waals surface area contributed by atoms with Crippen molar-refractivity contribution in [1.82, 2.24) is 10.2 Å². The van der Waals surface area contributed by atoms with Crippen LogP contribution in [-0.2, 0) is 0 Å². The topological polar surface area (TPSA) is 15.3 Å². The molecule has 0 spiro atoms. The Labute approximate surface area is 102 Å². The highest BCUT2D eigenvalue weighted by Crippen LogP contribution is 2.34. The number of hydrogen-bond acceptors (Lipinski definition) is 2. The lowest BCUT2D eigenvalue weighted by atomic mass is 9.74. The Kier molecular flexibility index (Phi) is 4.81. The lowest BCUT2D eigenvalue weighted by Crippen LogP contribution is -2.45. The maximum Gasteiger partial charge on any atom is 0.0115 e. The average Bonchev–Trinajstić information content (AvgIpc) is 2.26. The standard InChI is InChI=1S/C14H30N2/c1-11(2)15-13-8-10-16(6)9-7-12(13)14(3,4)5/h11-13,15H,7-10H2,1-6H3. The van der Waals surface area contributed by atoms with E-state index in [-0.39, 0.29) is 0 Å². The van der Waals surface area contributed by atoms with E-state index in [1.165, 1.54) is 25.9 Å². The lowest BCUT2D eigenvalue weighted by Gasteiger charge is -2.37. The summed E-state index contributed by atoms with van der Waals surface area (Å²) in [6, 6.07) is 1.28. The molecule has 2 atom stereocenters. The zero-order chi connectivity index (χ0) is 12.3. The fraction of sp³-hybridized carbons (Fsp3) is 1.00. The normalized spacial score (nSPS) is 29.4. The summed E-state index contributed by atoms with van der Waals surface area (Å²) in [5.74, 6) is 0.792. The van der Waals surface area contributed by atoms with E-state index in [1.54, 1.807) is 0 Å². The molecule has 1 saturated heterocycles. The minimum absolute atomic E-state index is 0.414. The van der Waals surface area contributed by atoms with Crippen molar-refractivity contribution in [1.29, 1.82) is 0 Å². The van der Waals surface area contributed by atoms with Gasteiger partial charge in [0.15, 0.2) is 0 Å². The zero-order valence-corrected chi connectivity index (χ0v) is 12.0. The van der Waals surface area contributed by atoms with Crippen molar-refractivity contribution in [3.8, 4) is 0 Å². The molecule has 1 aliphatic heterocycles. The summed E-state index contributed by atoms with van der Waals surface area (Å²) in [4.78, 5) is 2.47. The molecule has 2 unspecified atom stereocenters. The molecule has 1 rings (SSSR count). The monoisotopic (exact) mass is 226 g/mol. The van der Waals surface area contributed by atoms with Crippen LogP contribution in [0.3, 0.4) is 0 Å². The maximum absolute atomic E-state index is 3.77. The third-order valence-corrected chi connectivity index (χ3v) is 3.79. The molecule has 96 valence electrons. The third kappa shape index (κ3) is 4.06. The van der Waals surface area contributed by atoms with E-state index in [2.05, 4.69) is 51.9 Å². The SMILES string of the molecule is CC(C)NC1CCN(C)CCC1C(C)(C)C. The molecule has 2 nitrogen and oxygen atoms in total. The molecule has 1 N–H and O–H groups in total. The summed E-state index contributed by atoms with van der Waals surface area (Å²) >= 11 is 0. The Balaban J connectivity index is 2.72. The van der Waals surface area contributed by atoms with Gasteiger partial charge in [-0.05, 0) is 44.3 Å². The van der Waals surface area contributed by atoms with Gasteiger partial charge in [0.1, 0.15) is 0 Å². The molecule has 16 heavy (non-hydrogen) atoms. The molecular weight excluding hydrogens is 196 g/mol. The Morgan fingerprint density at radius 1 is 1.12 bits per heavy atom. The molecule has 1 heterocycles. The van der Waals surface area contributed by atoms with Gasteiger partial charge in [-0.3, -0.25) is 0 Å². The second-order valence-electron chi connectivity index (χ2n) is 6.78. The molecule has 1 aliphatic rings. The quantitative estimate of drug-likeness (QED) is 0.779. The van der Waals surface area contributed by atoms with Crippen molar-refractivity contribution in [2.75, 3.05) is 20.1 Å². The number of nitrogens with one attached hydrogen (secondary N) is 1. The highest BCUT2D eigenvalue weighted by Gasteiger charge is 2.33. The van der Waals surface area contributed by atoms with Crippen LogP contribution in [0, 0.1) is 11.3 Å². The summed E-state index contributed by atoms with van der Waals surface area (Å²) in [6.07, 6.45) is 2.61. The van der Waals surface area contributed by atoms with E-state index < -0.39 is 0 Å². The van der Waals surface area contributed by atoms with Gasteiger partial charge in [-0.15, -0.1) is 0 Å². The predicted octanol–water partition coefficient (Wildman–Crippen LogP) is 2.74. The Bertz CT molecular complexity index is 205. The van der Waals surface area contributed by atoms with Gasteiger partial charge in [0, 0.05) is 12.1 Å². The van der Waals surface area contributed by atoms with Crippen molar-refractivity contribution in [2.24, 2.45) is 11.3 Å². The highest BCUT2D eigenvalue weighted by atomic mass is 15.1. The molecule has 0 aliphatic carbocycles. The summed E-state index contributed by atoms with van der Waals surface area (Å²) < 4.78 is 0. The fourth-order valence-electron chi connectivity index (χ4n) is 2.90. The second kappa shape index (κ2) is 5.50. The number of hydrogen-bond donors (Lipinski definition) is 1. The van der Waals surface area contributed by atoms with E-state index in [9.17, 15) is 0 Å². The third-order valence-electron chi connectivity index (χ3n) is 3.79. The van der Waals surface area contributed by atoms with Gasteiger partial charge in [0.05, 0.1) is 0 Å². The predicted molar refractivity (Wildman–Crippen MR) is 71.7 cm³/mol. The van der Waals surface area contributed by atoms with Gasteiger partial charge < -0.3 is 10.2 Å². The van der Waals surface area contributed by atoms with Crippen LogP contribution in [0.25, 0.3) is 0 Å². The summed E-state index contributed by atoms with van der Waals surface area (Å²) in [5.41, 5.74) is 0.414. The van der Waals surface area contributed by atoms with Gasteiger partial charge >= 0.3 is 0 Å². The first kappa shape index (κ1) is 14.0. The first-order valence-corrected chi connectivity index (χ1v) is 6.75. The Hall–Kier alpha value is -0.0800. The molecule has 1 fully saturated rings. The molecular formula is C14H30N2. The molecule has 0 amide bonds. The van der Waals surface area contributed by atoms with Gasteiger partial charge in [-0.2, -0.15) is 0 Å². The second-order valence-corrected chi connectivity index (χ2v) is 6.78. The number of nitrogens with zero attached hydrogens (tertiary/aromatic N) is 1. The van der Waals surface area contributed by atoms with Crippen LogP contribution in [0.15, 0.2) is 0 Å². The van der Waals surface area contributed by atoms with E-state index in [4.69, 9.17) is 0 Å². The van der Waals surface area contributed by atoms with Crippen molar-refractivity contribution >= 4 is 0 Å². The maximum atomic E-state index is 3.77. The van der Waals surface area contributed by atoms with E-state index in [0.717, 1.165) is 5.92 Å². The van der Waals surface area contributed by atoms with Gasteiger partial charge in [-0.25, -0.2) is 0 Å². The lowest BCUT2D eigenvalue weighted by molar-refractivity contribution is 0.165. The zero-order valence-electron chi connectivity index (χ0n) is 12.0. The van der Waals surface area contributed by atoms with Crippen LogP contribution >= 0.6 is 0 Å². The summed E-state index contributed by atoms with van der Waals surface area (Å²) in [7, 11) is 2.25. The number of rotatable bonds is 2. The Morgan fingerprint density at radius 3 is 2.19 bits per heavy atom. The smallest absolute Gasteiger partial charge is 0.0115 e. The van der Waals surface area contributed by atoms with Crippen LogP contribution in [0.1, 0.15) is 47.5 Å². The van der Waals surface area contributed by atoms with Crippen LogP contribution in [0.2, 0.25) is 0 Å². The molecule has 0 aromatic rings. The van der Waals surface area contributed by atoms with Crippen LogP contribution in [0.5, 0.6) is 0 Å². The highest BCUT2D eigenvalue weighted by molar-refractivity contribution is 4.89. The van der Waals surface area contributed by atoms with Crippen LogP contribution < -0.4 is 5.32 Å². The van der Waals surface area contributed by atoms with E-state index in [0.29, 0.717) is 17.5 Å². The van der Waals surface area contributed by atoms with Gasteiger partial charge in [0.2, 0.25) is 0 Å². The fourth-order valence-corrected chi connectivity index (χ4v) is 2.90. The minimum Gasteiger partial charge on any atom is -0.311 e. The van der Waals surface area contributed by atoms with Gasteiger partial charge in [0.25, 0.3) is 0 Å².